The number of anilines is 1. The summed E-state index contributed by atoms with van der Waals surface area (Å²) in [6.45, 7) is 4.17. The molecular weight excluding hydrogens is 234 g/mol. The first-order valence-electron chi connectivity index (χ1n) is 6.67. The van der Waals surface area contributed by atoms with Crippen molar-refractivity contribution in [1.82, 2.24) is 0 Å². The fourth-order valence-corrected chi connectivity index (χ4v) is 2.15. The normalized spacial score (nSPS) is 10.4. The zero-order valence-corrected chi connectivity index (χ0v) is 11.4. The molecule has 0 aliphatic rings. The first-order chi connectivity index (χ1) is 9.15. The van der Waals surface area contributed by atoms with Crippen LogP contribution >= 0.6 is 0 Å². The molecule has 2 aromatic carbocycles. The van der Waals surface area contributed by atoms with Crippen molar-refractivity contribution >= 4 is 11.5 Å². The minimum atomic E-state index is 0.0761. The standard InChI is InChI=1S/C17H19NO/c1-3-12-5-6-13(4-2)16(11-12)17(19)14-7-9-15(18)10-8-14/h5-11H,3-4,18H2,1-2H3. The molecule has 0 aliphatic heterocycles. The number of carbonyl (C=O) groups is 1. The quantitative estimate of drug-likeness (QED) is 0.668. The summed E-state index contributed by atoms with van der Waals surface area (Å²) < 4.78 is 0. The SMILES string of the molecule is CCc1ccc(CC)c(C(=O)c2ccc(N)cc2)c1. The summed E-state index contributed by atoms with van der Waals surface area (Å²) in [7, 11) is 0. The van der Waals surface area contributed by atoms with Crippen molar-refractivity contribution in [3.63, 3.8) is 0 Å². The van der Waals surface area contributed by atoms with Crippen LogP contribution in [0.1, 0.15) is 40.9 Å². The molecule has 0 bridgehead atoms. The summed E-state index contributed by atoms with van der Waals surface area (Å²) in [6.07, 6.45) is 1.80. The molecule has 0 saturated carbocycles. The lowest BCUT2D eigenvalue weighted by molar-refractivity contribution is 0.103. The summed E-state index contributed by atoms with van der Waals surface area (Å²) in [5.74, 6) is 0.0761. The molecule has 0 unspecified atom stereocenters. The van der Waals surface area contributed by atoms with Crippen molar-refractivity contribution in [3.8, 4) is 0 Å². The Balaban J connectivity index is 2.44. The molecular formula is C17H19NO. The Hall–Kier alpha value is -2.09. The highest BCUT2D eigenvalue weighted by atomic mass is 16.1. The maximum Gasteiger partial charge on any atom is 0.193 e. The number of nitrogens with two attached hydrogens (primary N) is 1. The van der Waals surface area contributed by atoms with Gasteiger partial charge in [0.05, 0.1) is 0 Å². The van der Waals surface area contributed by atoms with Gasteiger partial charge in [0.15, 0.2) is 5.78 Å². The molecule has 0 radical (unpaired) electrons. The van der Waals surface area contributed by atoms with Gasteiger partial charge in [-0.1, -0.05) is 26.0 Å². The van der Waals surface area contributed by atoms with Gasteiger partial charge in [-0.2, -0.15) is 0 Å². The van der Waals surface area contributed by atoms with E-state index in [4.69, 9.17) is 5.73 Å². The molecule has 2 nitrogen and oxygen atoms in total. The predicted molar refractivity (Wildman–Crippen MR) is 79.5 cm³/mol. The molecule has 0 atom stereocenters. The molecule has 2 N–H and O–H groups in total. The van der Waals surface area contributed by atoms with Crippen molar-refractivity contribution in [2.45, 2.75) is 26.7 Å². The van der Waals surface area contributed by atoms with Crippen molar-refractivity contribution in [1.29, 1.82) is 0 Å². The van der Waals surface area contributed by atoms with Crippen LogP contribution in [0, 0.1) is 0 Å². The molecule has 19 heavy (non-hydrogen) atoms. The van der Waals surface area contributed by atoms with Gasteiger partial charge in [0.1, 0.15) is 0 Å². The summed E-state index contributed by atoms with van der Waals surface area (Å²) in [6, 6.07) is 13.3. The Bertz CT molecular complexity index is 585. The second kappa shape index (κ2) is 5.70. The molecule has 98 valence electrons. The fourth-order valence-electron chi connectivity index (χ4n) is 2.15. The summed E-state index contributed by atoms with van der Waals surface area (Å²) in [5, 5.41) is 0. The van der Waals surface area contributed by atoms with Gasteiger partial charge in [-0.15, -0.1) is 0 Å². The van der Waals surface area contributed by atoms with Crippen molar-refractivity contribution < 1.29 is 4.79 Å². The van der Waals surface area contributed by atoms with E-state index in [-0.39, 0.29) is 5.78 Å². The van der Waals surface area contributed by atoms with E-state index < -0.39 is 0 Å². The molecule has 0 amide bonds. The third kappa shape index (κ3) is 2.84. The van der Waals surface area contributed by atoms with E-state index in [9.17, 15) is 4.79 Å². The van der Waals surface area contributed by atoms with Crippen LogP contribution in [0.15, 0.2) is 42.5 Å². The van der Waals surface area contributed by atoms with Crippen LogP contribution in [-0.4, -0.2) is 5.78 Å². The smallest absolute Gasteiger partial charge is 0.193 e. The van der Waals surface area contributed by atoms with Gasteiger partial charge >= 0.3 is 0 Å². The number of aryl methyl sites for hydroxylation is 2. The molecule has 2 aromatic rings. The van der Waals surface area contributed by atoms with Crippen LogP contribution in [0.3, 0.4) is 0 Å². The van der Waals surface area contributed by atoms with E-state index in [2.05, 4.69) is 26.0 Å². The maximum absolute atomic E-state index is 12.6. The van der Waals surface area contributed by atoms with Crippen LogP contribution < -0.4 is 5.73 Å². The van der Waals surface area contributed by atoms with E-state index in [1.165, 1.54) is 5.56 Å². The number of rotatable bonds is 4. The van der Waals surface area contributed by atoms with E-state index in [1.807, 2.05) is 6.07 Å². The van der Waals surface area contributed by atoms with Crippen LogP contribution in [0.25, 0.3) is 0 Å². The zero-order chi connectivity index (χ0) is 13.8. The Morgan fingerprint density at radius 1 is 1.00 bits per heavy atom. The summed E-state index contributed by atoms with van der Waals surface area (Å²) in [5.41, 5.74) is 10.1. The van der Waals surface area contributed by atoms with E-state index >= 15 is 0 Å². The van der Waals surface area contributed by atoms with Gasteiger partial charge in [0.2, 0.25) is 0 Å². The highest BCUT2D eigenvalue weighted by molar-refractivity contribution is 6.10. The molecule has 0 fully saturated rings. The van der Waals surface area contributed by atoms with Gasteiger partial charge in [0.25, 0.3) is 0 Å². The average molecular weight is 253 g/mol. The number of benzene rings is 2. The molecule has 0 spiro atoms. The first-order valence-corrected chi connectivity index (χ1v) is 6.67. The average Bonchev–Trinajstić information content (AvgIpc) is 2.46. The monoisotopic (exact) mass is 253 g/mol. The zero-order valence-electron chi connectivity index (χ0n) is 11.4. The lowest BCUT2D eigenvalue weighted by atomic mass is 9.94. The lowest BCUT2D eigenvalue weighted by Gasteiger charge is -2.09. The van der Waals surface area contributed by atoms with Gasteiger partial charge in [-0.3, -0.25) is 4.79 Å². The summed E-state index contributed by atoms with van der Waals surface area (Å²) >= 11 is 0. The predicted octanol–water partition coefficient (Wildman–Crippen LogP) is 3.62. The highest BCUT2D eigenvalue weighted by Gasteiger charge is 2.13. The molecule has 0 heterocycles. The molecule has 0 aromatic heterocycles. The number of hydrogen-bond acceptors (Lipinski definition) is 2. The molecule has 0 aliphatic carbocycles. The van der Waals surface area contributed by atoms with E-state index in [0.29, 0.717) is 11.3 Å². The second-order valence-corrected chi connectivity index (χ2v) is 4.65. The van der Waals surface area contributed by atoms with Crippen LogP contribution in [0.5, 0.6) is 0 Å². The summed E-state index contributed by atoms with van der Waals surface area (Å²) in [4.78, 5) is 12.6. The minimum Gasteiger partial charge on any atom is -0.399 e. The Morgan fingerprint density at radius 3 is 2.26 bits per heavy atom. The van der Waals surface area contributed by atoms with Crippen LogP contribution in [-0.2, 0) is 12.8 Å². The number of ketones is 1. The molecule has 2 rings (SSSR count). The topological polar surface area (TPSA) is 43.1 Å². The highest BCUT2D eigenvalue weighted by Crippen LogP contribution is 2.18. The van der Waals surface area contributed by atoms with Gasteiger partial charge in [0, 0.05) is 16.8 Å². The number of hydrogen-bond donors (Lipinski definition) is 1. The van der Waals surface area contributed by atoms with E-state index in [1.54, 1.807) is 24.3 Å². The van der Waals surface area contributed by atoms with Gasteiger partial charge in [-0.05, 0) is 54.3 Å². The number of nitrogen functional groups attached to an aromatic ring is 1. The Kier molecular flexibility index (Phi) is 4.00. The van der Waals surface area contributed by atoms with E-state index in [0.717, 1.165) is 24.0 Å². The third-order valence-electron chi connectivity index (χ3n) is 3.38. The maximum atomic E-state index is 12.6. The molecule has 2 heteroatoms. The first kappa shape index (κ1) is 13.3. The lowest BCUT2D eigenvalue weighted by Crippen LogP contribution is -2.06. The van der Waals surface area contributed by atoms with Gasteiger partial charge in [-0.25, -0.2) is 0 Å². The Morgan fingerprint density at radius 2 is 1.68 bits per heavy atom. The van der Waals surface area contributed by atoms with Gasteiger partial charge < -0.3 is 5.73 Å². The number of carbonyl (C=O) groups excluding carboxylic acids is 1. The largest absolute Gasteiger partial charge is 0.399 e. The Labute approximate surface area is 114 Å². The van der Waals surface area contributed by atoms with Crippen molar-refractivity contribution in [3.05, 3.63) is 64.7 Å². The van der Waals surface area contributed by atoms with Crippen LogP contribution in [0.4, 0.5) is 5.69 Å². The fraction of sp³-hybridized carbons (Fsp3) is 0.235. The molecule has 0 saturated heterocycles. The van der Waals surface area contributed by atoms with Crippen molar-refractivity contribution in [2.24, 2.45) is 0 Å². The second-order valence-electron chi connectivity index (χ2n) is 4.65. The van der Waals surface area contributed by atoms with Crippen molar-refractivity contribution in [2.75, 3.05) is 5.73 Å². The third-order valence-corrected chi connectivity index (χ3v) is 3.38. The minimum absolute atomic E-state index is 0.0761. The van der Waals surface area contributed by atoms with Crippen LogP contribution in [0.2, 0.25) is 0 Å².